The highest BCUT2D eigenvalue weighted by atomic mass is 16.3. The molecule has 114 valence electrons. The van der Waals surface area contributed by atoms with Crippen molar-refractivity contribution in [2.45, 2.75) is 19.8 Å². The number of aliphatic hydroxyl groups is 1. The van der Waals surface area contributed by atoms with Gasteiger partial charge in [-0.25, -0.2) is 0 Å². The van der Waals surface area contributed by atoms with Crippen LogP contribution in [0.4, 0.5) is 5.69 Å². The lowest BCUT2D eigenvalue weighted by molar-refractivity contribution is -0.117. The summed E-state index contributed by atoms with van der Waals surface area (Å²) in [5.41, 5.74) is 1.33. The minimum absolute atomic E-state index is 0.0104. The predicted octanol–water partition coefficient (Wildman–Crippen LogP) is 1.53. The maximum Gasteiger partial charge on any atom is 0.238 e. The number of aliphatic hydroxyl groups excluding tert-OH is 1. The van der Waals surface area contributed by atoms with Crippen molar-refractivity contribution in [1.29, 1.82) is 0 Å². The van der Waals surface area contributed by atoms with Crippen LogP contribution in [-0.2, 0) is 4.79 Å². The van der Waals surface area contributed by atoms with E-state index in [4.69, 9.17) is 0 Å². The summed E-state index contributed by atoms with van der Waals surface area (Å²) in [6.07, 6.45) is 2.05. The van der Waals surface area contributed by atoms with Crippen molar-refractivity contribution in [2.24, 2.45) is 5.92 Å². The zero-order valence-corrected chi connectivity index (χ0v) is 12.3. The van der Waals surface area contributed by atoms with Crippen LogP contribution in [0.15, 0.2) is 24.3 Å². The van der Waals surface area contributed by atoms with Gasteiger partial charge in [-0.3, -0.25) is 14.5 Å². The number of anilines is 1. The van der Waals surface area contributed by atoms with Crippen molar-refractivity contribution in [1.82, 2.24) is 4.90 Å². The standard InChI is InChI=1S/C16H22N2O3/c1-12(20)14-4-6-15(7-5-14)17-16(21)10-18-8-2-3-13(9-18)11-19/h4-7,13,19H,2-3,8-11H2,1H3,(H,17,21). The molecule has 1 aromatic rings. The molecule has 0 radical (unpaired) electrons. The lowest BCUT2D eigenvalue weighted by Gasteiger charge is -2.31. The van der Waals surface area contributed by atoms with Crippen molar-refractivity contribution >= 4 is 17.4 Å². The highest BCUT2D eigenvalue weighted by Crippen LogP contribution is 2.16. The SMILES string of the molecule is CC(=O)c1ccc(NC(=O)CN2CCCC(CO)C2)cc1. The fourth-order valence-electron chi connectivity index (χ4n) is 2.64. The van der Waals surface area contributed by atoms with Gasteiger partial charge in [-0.05, 0) is 56.5 Å². The minimum Gasteiger partial charge on any atom is -0.396 e. The number of benzene rings is 1. The molecular formula is C16H22N2O3. The summed E-state index contributed by atoms with van der Waals surface area (Å²) in [5, 5.41) is 12.0. The van der Waals surface area contributed by atoms with E-state index >= 15 is 0 Å². The first-order chi connectivity index (χ1) is 10.1. The molecule has 0 aliphatic carbocycles. The van der Waals surface area contributed by atoms with Crippen LogP contribution in [0.3, 0.4) is 0 Å². The molecule has 1 fully saturated rings. The molecule has 1 heterocycles. The van der Waals surface area contributed by atoms with Gasteiger partial charge in [-0.1, -0.05) is 0 Å². The lowest BCUT2D eigenvalue weighted by atomic mass is 9.99. The zero-order valence-electron chi connectivity index (χ0n) is 12.3. The third-order valence-corrected chi connectivity index (χ3v) is 3.80. The van der Waals surface area contributed by atoms with Crippen molar-refractivity contribution in [3.05, 3.63) is 29.8 Å². The second-order valence-electron chi connectivity index (χ2n) is 5.61. The Morgan fingerprint density at radius 2 is 2.05 bits per heavy atom. The Kier molecular flexibility index (Phi) is 5.47. The average molecular weight is 290 g/mol. The smallest absolute Gasteiger partial charge is 0.238 e. The van der Waals surface area contributed by atoms with E-state index in [-0.39, 0.29) is 24.2 Å². The van der Waals surface area contributed by atoms with Crippen molar-refractivity contribution in [3.8, 4) is 0 Å². The molecule has 1 aliphatic rings. The summed E-state index contributed by atoms with van der Waals surface area (Å²) in [6.45, 7) is 3.71. The summed E-state index contributed by atoms with van der Waals surface area (Å²) >= 11 is 0. The summed E-state index contributed by atoms with van der Waals surface area (Å²) < 4.78 is 0. The van der Waals surface area contributed by atoms with Crippen LogP contribution < -0.4 is 5.32 Å². The monoisotopic (exact) mass is 290 g/mol. The third-order valence-electron chi connectivity index (χ3n) is 3.80. The lowest BCUT2D eigenvalue weighted by Crippen LogP contribution is -2.41. The Morgan fingerprint density at radius 3 is 2.67 bits per heavy atom. The van der Waals surface area contributed by atoms with Crippen LogP contribution in [0.1, 0.15) is 30.1 Å². The molecule has 1 amide bonds. The number of amides is 1. The van der Waals surface area contributed by atoms with Gasteiger partial charge in [0, 0.05) is 24.4 Å². The maximum atomic E-state index is 12.0. The van der Waals surface area contributed by atoms with Crippen molar-refractivity contribution < 1.29 is 14.7 Å². The molecule has 0 aromatic heterocycles. The first-order valence-corrected chi connectivity index (χ1v) is 7.32. The first-order valence-electron chi connectivity index (χ1n) is 7.32. The van der Waals surface area contributed by atoms with E-state index in [1.165, 1.54) is 6.92 Å². The Labute approximate surface area is 125 Å². The second kappa shape index (κ2) is 7.33. The number of hydrogen-bond donors (Lipinski definition) is 2. The molecule has 0 bridgehead atoms. The van der Waals surface area contributed by atoms with Crippen molar-refractivity contribution in [3.63, 3.8) is 0 Å². The Bertz CT molecular complexity index is 499. The number of Topliss-reactive ketones (excluding diaryl/α,β-unsaturated/α-hetero) is 1. The van der Waals surface area contributed by atoms with Gasteiger partial charge in [0.15, 0.2) is 5.78 Å². The number of hydrogen-bond acceptors (Lipinski definition) is 4. The Morgan fingerprint density at radius 1 is 1.33 bits per heavy atom. The molecule has 1 saturated heterocycles. The van der Waals surface area contributed by atoms with Gasteiger partial charge in [-0.2, -0.15) is 0 Å². The zero-order chi connectivity index (χ0) is 15.2. The fraction of sp³-hybridized carbons (Fsp3) is 0.500. The van der Waals surface area contributed by atoms with Crippen LogP contribution in [0.5, 0.6) is 0 Å². The first kappa shape index (κ1) is 15.7. The minimum atomic E-state index is -0.0656. The number of nitrogens with one attached hydrogen (secondary N) is 1. The molecule has 1 atom stereocenters. The highest BCUT2D eigenvalue weighted by Gasteiger charge is 2.20. The fourth-order valence-corrected chi connectivity index (χ4v) is 2.64. The van der Waals surface area contributed by atoms with Crippen molar-refractivity contribution in [2.75, 3.05) is 31.6 Å². The van der Waals surface area contributed by atoms with Gasteiger partial charge in [0.1, 0.15) is 0 Å². The summed E-state index contributed by atoms with van der Waals surface area (Å²) in [4.78, 5) is 25.3. The van der Waals surface area contributed by atoms with Crippen LogP contribution in [0, 0.1) is 5.92 Å². The van der Waals surface area contributed by atoms with Gasteiger partial charge in [0.25, 0.3) is 0 Å². The molecule has 1 unspecified atom stereocenters. The van der Waals surface area contributed by atoms with E-state index in [1.54, 1.807) is 24.3 Å². The largest absolute Gasteiger partial charge is 0.396 e. The number of rotatable bonds is 5. The molecule has 21 heavy (non-hydrogen) atoms. The molecule has 1 aliphatic heterocycles. The Hall–Kier alpha value is -1.72. The van der Waals surface area contributed by atoms with Gasteiger partial charge in [0.05, 0.1) is 6.54 Å². The predicted molar refractivity (Wildman–Crippen MR) is 81.3 cm³/mol. The van der Waals surface area contributed by atoms with E-state index < -0.39 is 0 Å². The summed E-state index contributed by atoms with van der Waals surface area (Å²) in [6, 6.07) is 6.89. The molecule has 2 rings (SSSR count). The van der Waals surface area contributed by atoms with E-state index in [0.717, 1.165) is 25.9 Å². The molecule has 5 heteroatoms. The number of carbonyl (C=O) groups excluding carboxylic acids is 2. The number of ketones is 1. The molecule has 0 saturated carbocycles. The quantitative estimate of drug-likeness (QED) is 0.807. The van der Waals surface area contributed by atoms with Crippen LogP contribution in [-0.4, -0.2) is 47.9 Å². The molecule has 1 aromatic carbocycles. The molecule has 0 spiro atoms. The summed E-state index contributed by atoms with van der Waals surface area (Å²) in [7, 11) is 0. The van der Waals surface area contributed by atoms with Gasteiger partial charge in [-0.15, -0.1) is 0 Å². The highest BCUT2D eigenvalue weighted by molar-refractivity contribution is 5.96. The van der Waals surface area contributed by atoms with Crippen LogP contribution in [0.2, 0.25) is 0 Å². The number of carbonyl (C=O) groups is 2. The van der Waals surface area contributed by atoms with Crippen LogP contribution >= 0.6 is 0 Å². The van der Waals surface area contributed by atoms with Gasteiger partial charge < -0.3 is 10.4 Å². The van der Waals surface area contributed by atoms with E-state index in [0.29, 0.717) is 17.8 Å². The van der Waals surface area contributed by atoms with Gasteiger partial charge in [0.2, 0.25) is 5.91 Å². The summed E-state index contributed by atoms with van der Waals surface area (Å²) in [5.74, 6) is 0.224. The molecule has 5 nitrogen and oxygen atoms in total. The maximum absolute atomic E-state index is 12.0. The number of piperidine rings is 1. The number of likely N-dealkylation sites (tertiary alicyclic amines) is 1. The molecular weight excluding hydrogens is 268 g/mol. The van der Waals surface area contributed by atoms with Crippen LogP contribution in [0.25, 0.3) is 0 Å². The second-order valence-corrected chi connectivity index (χ2v) is 5.61. The van der Waals surface area contributed by atoms with E-state index in [9.17, 15) is 14.7 Å². The van der Waals surface area contributed by atoms with Gasteiger partial charge >= 0.3 is 0 Å². The average Bonchev–Trinajstić information content (AvgIpc) is 2.47. The number of nitrogens with zero attached hydrogens (tertiary/aromatic N) is 1. The third kappa shape index (κ3) is 4.65. The van der Waals surface area contributed by atoms with E-state index in [2.05, 4.69) is 10.2 Å². The topological polar surface area (TPSA) is 69.6 Å². The van der Waals surface area contributed by atoms with E-state index in [1.807, 2.05) is 0 Å². The Balaban J connectivity index is 1.85. The molecule has 2 N–H and O–H groups in total. The normalized spacial score (nSPS) is 19.2.